The number of fused-ring (bicyclic) bond motifs is 3. The molecule has 5 rings (SSSR count). The Kier molecular flexibility index (Phi) is 4.90. The van der Waals surface area contributed by atoms with Gasteiger partial charge in [-0.2, -0.15) is 5.10 Å². The summed E-state index contributed by atoms with van der Waals surface area (Å²) in [5, 5.41) is 7.49. The van der Waals surface area contributed by atoms with E-state index in [1.807, 2.05) is 18.2 Å². The predicted molar refractivity (Wildman–Crippen MR) is 116 cm³/mol. The van der Waals surface area contributed by atoms with Gasteiger partial charge in [0.25, 0.3) is 0 Å². The lowest BCUT2D eigenvalue weighted by atomic mass is 10.1. The first kappa shape index (κ1) is 19.6. The number of pyridine rings is 1. The zero-order valence-corrected chi connectivity index (χ0v) is 17.7. The molecule has 9 heteroatoms. The monoisotopic (exact) mass is 439 g/mol. The summed E-state index contributed by atoms with van der Waals surface area (Å²) < 4.78 is 35.0. The van der Waals surface area contributed by atoms with Crippen LogP contribution in [0.4, 0.5) is 14.6 Å². The van der Waals surface area contributed by atoms with Gasteiger partial charge >= 0.3 is 0 Å². The van der Waals surface area contributed by atoms with Crippen LogP contribution in [0, 0.1) is 11.6 Å². The van der Waals surface area contributed by atoms with Gasteiger partial charge in [-0.05, 0) is 44.2 Å². The highest BCUT2D eigenvalue weighted by Crippen LogP contribution is 2.42. The van der Waals surface area contributed by atoms with E-state index in [0.29, 0.717) is 12.4 Å². The van der Waals surface area contributed by atoms with E-state index in [9.17, 15) is 8.78 Å². The maximum Gasteiger partial charge on any atom is 0.173 e. The summed E-state index contributed by atoms with van der Waals surface area (Å²) in [6.45, 7) is 4.65. The standard InChI is InChI=1S/C22H19F2N5OS/c1-12(2)27-20-6-5-17-21(28-20)14-10-19(31-18(14)7-8-30-17)22-25-11-26-29(22)16-4-3-13(23)9-15(16)24/h3-6,9-12H,7-8H2,1-2H3,(H,27,28). The second-order valence-electron chi connectivity index (χ2n) is 7.48. The van der Waals surface area contributed by atoms with Crippen molar-refractivity contribution in [2.45, 2.75) is 26.3 Å². The van der Waals surface area contributed by atoms with Crippen molar-refractivity contribution in [2.75, 3.05) is 11.9 Å². The van der Waals surface area contributed by atoms with Crippen molar-refractivity contribution in [2.24, 2.45) is 0 Å². The molecule has 0 radical (unpaired) electrons. The minimum absolute atomic E-state index is 0.141. The van der Waals surface area contributed by atoms with Gasteiger partial charge in [-0.15, -0.1) is 11.3 Å². The number of halogens is 2. The molecule has 0 unspecified atom stereocenters. The van der Waals surface area contributed by atoms with Crippen molar-refractivity contribution in [3.63, 3.8) is 0 Å². The van der Waals surface area contributed by atoms with Crippen molar-refractivity contribution in [1.82, 2.24) is 19.7 Å². The number of ether oxygens (including phenoxy) is 1. The number of benzene rings is 1. The van der Waals surface area contributed by atoms with Crippen LogP contribution in [0.25, 0.3) is 27.6 Å². The third kappa shape index (κ3) is 3.65. The molecule has 0 bridgehead atoms. The highest BCUT2D eigenvalue weighted by molar-refractivity contribution is 7.16. The van der Waals surface area contributed by atoms with Crippen LogP contribution >= 0.6 is 11.3 Å². The molecule has 4 aromatic rings. The molecule has 0 saturated heterocycles. The molecule has 0 atom stereocenters. The summed E-state index contributed by atoms with van der Waals surface area (Å²) >= 11 is 1.55. The first-order chi connectivity index (χ1) is 15.0. The number of aromatic nitrogens is 4. The first-order valence-corrected chi connectivity index (χ1v) is 10.7. The second kappa shape index (κ2) is 7.73. The minimum atomic E-state index is -0.699. The smallest absolute Gasteiger partial charge is 0.173 e. The summed E-state index contributed by atoms with van der Waals surface area (Å²) in [4.78, 5) is 11.1. The van der Waals surface area contributed by atoms with E-state index in [1.165, 1.54) is 23.1 Å². The van der Waals surface area contributed by atoms with E-state index in [-0.39, 0.29) is 11.7 Å². The topological polar surface area (TPSA) is 64.9 Å². The average Bonchev–Trinajstić information content (AvgIpc) is 3.32. The zero-order chi connectivity index (χ0) is 21.5. The van der Waals surface area contributed by atoms with Crippen molar-refractivity contribution in [1.29, 1.82) is 0 Å². The number of thiophene rings is 1. The normalized spacial score (nSPS) is 12.8. The predicted octanol–water partition coefficient (Wildman–Crippen LogP) is 5.09. The first-order valence-electron chi connectivity index (χ1n) is 9.89. The van der Waals surface area contributed by atoms with Gasteiger partial charge in [0.1, 0.15) is 35.1 Å². The van der Waals surface area contributed by atoms with Gasteiger partial charge in [-0.25, -0.2) is 23.4 Å². The Morgan fingerprint density at radius 1 is 1.16 bits per heavy atom. The molecule has 0 aliphatic carbocycles. The van der Waals surface area contributed by atoms with E-state index in [1.54, 1.807) is 11.3 Å². The van der Waals surface area contributed by atoms with Crippen LogP contribution in [0.2, 0.25) is 0 Å². The molecule has 0 fully saturated rings. The van der Waals surface area contributed by atoms with Crippen LogP contribution in [0.15, 0.2) is 42.7 Å². The Hall–Kier alpha value is -3.33. The summed E-state index contributed by atoms with van der Waals surface area (Å²) in [6.07, 6.45) is 2.09. The van der Waals surface area contributed by atoms with Gasteiger partial charge < -0.3 is 10.1 Å². The van der Waals surface area contributed by atoms with Crippen LogP contribution in [-0.2, 0) is 6.42 Å². The molecule has 1 aromatic carbocycles. The Morgan fingerprint density at radius 2 is 2.03 bits per heavy atom. The maximum atomic E-state index is 14.4. The summed E-state index contributed by atoms with van der Waals surface area (Å²) in [6, 6.07) is 9.47. The van der Waals surface area contributed by atoms with Gasteiger partial charge in [-0.3, -0.25) is 0 Å². The van der Waals surface area contributed by atoms with E-state index in [0.717, 1.165) is 45.1 Å². The number of rotatable bonds is 4. The van der Waals surface area contributed by atoms with Crippen molar-refractivity contribution in [3.05, 3.63) is 59.2 Å². The number of nitrogens with zero attached hydrogens (tertiary/aromatic N) is 4. The lowest BCUT2D eigenvalue weighted by Gasteiger charge is -2.12. The molecule has 0 spiro atoms. The SMILES string of the molecule is CC(C)Nc1ccc2c(n1)-c1cc(-c3ncnn3-c3ccc(F)cc3F)sc1CCO2. The second-order valence-corrected chi connectivity index (χ2v) is 8.62. The molecule has 6 nitrogen and oxygen atoms in total. The van der Waals surface area contributed by atoms with Gasteiger partial charge in [0.2, 0.25) is 0 Å². The molecule has 31 heavy (non-hydrogen) atoms. The highest BCUT2D eigenvalue weighted by atomic mass is 32.1. The summed E-state index contributed by atoms with van der Waals surface area (Å²) in [7, 11) is 0. The van der Waals surface area contributed by atoms with Crippen LogP contribution < -0.4 is 10.1 Å². The molecule has 3 aromatic heterocycles. The van der Waals surface area contributed by atoms with E-state index >= 15 is 0 Å². The maximum absolute atomic E-state index is 14.4. The molecular formula is C22H19F2N5OS. The van der Waals surface area contributed by atoms with Crippen molar-refractivity contribution < 1.29 is 13.5 Å². The lowest BCUT2D eigenvalue weighted by Crippen LogP contribution is -2.11. The fourth-order valence-electron chi connectivity index (χ4n) is 3.55. The van der Waals surface area contributed by atoms with Crippen molar-refractivity contribution >= 4 is 17.2 Å². The van der Waals surface area contributed by atoms with Crippen molar-refractivity contribution in [3.8, 4) is 33.4 Å². The van der Waals surface area contributed by atoms with E-state index < -0.39 is 11.6 Å². The van der Waals surface area contributed by atoms with Gasteiger partial charge in [0.05, 0.1) is 11.5 Å². The van der Waals surface area contributed by atoms with Gasteiger partial charge in [0.15, 0.2) is 11.6 Å². The lowest BCUT2D eigenvalue weighted by molar-refractivity contribution is 0.326. The van der Waals surface area contributed by atoms with Gasteiger partial charge in [-0.1, -0.05) is 0 Å². The molecule has 158 valence electrons. The van der Waals surface area contributed by atoms with Crippen LogP contribution in [0.1, 0.15) is 18.7 Å². The quantitative estimate of drug-likeness (QED) is 0.480. The average molecular weight is 439 g/mol. The van der Waals surface area contributed by atoms with E-state index in [2.05, 4.69) is 29.2 Å². The highest BCUT2D eigenvalue weighted by Gasteiger charge is 2.23. The largest absolute Gasteiger partial charge is 0.491 e. The third-order valence-electron chi connectivity index (χ3n) is 4.85. The Morgan fingerprint density at radius 3 is 2.84 bits per heavy atom. The van der Waals surface area contributed by atoms with Crippen LogP contribution in [0.5, 0.6) is 5.75 Å². The number of anilines is 1. The molecule has 1 aliphatic heterocycles. The fourth-order valence-corrected chi connectivity index (χ4v) is 4.67. The molecule has 0 amide bonds. The molecule has 1 aliphatic rings. The summed E-state index contributed by atoms with van der Waals surface area (Å²) in [5.74, 6) is 0.648. The number of hydrogen-bond acceptors (Lipinski definition) is 6. The van der Waals surface area contributed by atoms with Gasteiger partial charge in [0, 0.05) is 29.0 Å². The van der Waals surface area contributed by atoms with Crippen LogP contribution in [-0.4, -0.2) is 32.4 Å². The molecule has 0 saturated carbocycles. The Bertz CT molecular complexity index is 1270. The minimum Gasteiger partial charge on any atom is -0.491 e. The zero-order valence-electron chi connectivity index (χ0n) is 16.9. The summed E-state index contributed by atoms with van der Waals surface area (Å²) in [5.41, 5.74) is 1.87. The van der Waals surface area contributed by atoms with E-state index in [4.69, 9.17) is 9.72 Å². The Balaban J connectivity index is 1.60. The number of nitrogens with one attached hydrogen (secondary N) is 1. The number of hydrogen-bond donors (Lipinski definition) is 1. The van der Waals surface area contributed by atoms with Crippen LogP contribution in [0.3, 0.4) is 0 Å². The molecule has 1 N–H and O–H groups in total. The molecular weight excluding hydrogens is 420 g/mol. The third-order valence-corrected chi connectivity index (χ3v) is 6.04. The fraction of sp³-hybridized carbons (Fsp3) is 0.227. The Labute approximate surface area is 181 Å². The molecule has 4 heterocycles.